The minimum Gasteiger partial charge on any atom is -0.415 e. The number of carbonyl (C=O) groups is 2. The van der Waals surface area contributed by atoms with Gasteiger partial charge in [-0.15, -0.1) is 0 Å². The number of Topliss-reactive ketones (excluding diaryl/α,β-unsaturated/α-hetero) is 2. The molecule has 0 fully saturated rings. The van der Waals surface area contributed by atoms with Crippen LogP contribution in [-0.2, 0) is 49.4 Å². The molecule has 2 aromatic heterocycles. The summed E-state index contributed by atoms with van der Waals surface area (Å²) in [6, 6.07) is 1.11. The summed E-state index contributed by atoms with van der Waals surface area (Å²) in [6.07, 6.45) is -55.3. The Hall–Kier alpha value is -7.13. The Bertz CT molecular complexity index is 2800. The van der Waals surface area contributed by atoms with Crippen LogP contribution in [0, 0.1) is 30.2 Å². The maximum absolute atomic E-state index is 14.2. The van der Waals surface area contributed by atoms with Crippen LogP contribution in [0.15, 0.2) is 106 Å². The summed E-state index contributed by atoms with van der Waals surface area (Å²) in [5, 5.41) is 16.9. The highest BCUT2D eigenvalue weighted by molar-refractivity contribution is 7.20. The van der Waals surface area contributed by atoms with Gasteiger partial charge in [-0.1, -0.05) is 48.5 Å². The largest absolute Gasteiger partial charge is 0.443 e. The fraction of sp³-hybridized carbons (Fsp3) is 0.217. The minimum atomic E-state index is -6.13. The molecule has 6 rings (SSSR count). The molecule has 0 unspecified atom stereocenters. The first-order valence-corrected chi connectivity index (χ1v) is 22.6. The molecular formula is C46H20BF24IN2O4. The van der Waals surface area contributed by atoms with Gasteiger partial charge in [-0.2, -0.15) is 138 Å². The molecule has 0 radical (unpaired) electrons. The van der Waals surface area contributed by atoms with Gasteiger partial charge in [-0.3, -0.25) is 9.59 Å². The number of ketones is 2. The molecule has 0 saturated carbocycles. The molecule has 78 heavy (non-hydrogen) atoms. The van der Waals surface area contributed by atoms with E-state index in [2.05, 4.69) is 0 Å². The van der Waals surface area contributed by atoms with E-state index in [1.54, 1.807) is 24.3 Å². The Labute approximate surface area is 429 Å². The zero-order chi connectivity index (χ0) is 59.2. The van der Waals surface area contributed by atoms with Crippen LogP contribution in [0.2, 0.25) is 0 Å². The third-order valence-corrected chi connectivity index (χ3v) is 13.0. The van der Waals surface area contributed by atoms with Crippen molar-refractivity contribution in [3.8, 4) is 12.1 Å². The van der Waals surface area contributed by atoms with Crippen LogP contribution in [-0.4, -0.2) is 17.7 Å². The first-order chi connectivity index (χ1) is 35.4. The lowest BCUT2D eigenvalue weighted by molar-refractivity contribution is -0.636. The molecule has 0 atom stereocenters. The molecule has 0 saturated heterocycles. The topological polar surface area (TPSA) is 108 Å². The molecule has 0 bridgehead atoms. The molecule has 0 aliphatic rings. The SMILES string of the molecule is FC(F)(F)c1cc([B-](c2cc(C(F)(F)F)cc(C(F)(F)F)c2)(c2cc(C(F)(F)F)cc(C(F)(F)F)c2)c2cc(C(F)(F)F)cc(C(F)(F)F)c2)cc(C(F)(F)F)c1.N#CCC(=O)c1ccc([I+]c2ccc(C(=O)CC#N)o2)o1. The van der Waals surface area contributed by atoms with Crippen LogP contribution in [0.5, 0.6) is 0 Å². The van der Waals surface area contributed by atoms with Gasteiger partial charge in [0, 0.05) is 12.1 Å². The monoisotopic (exact) mass is 1260 g/mol. The summed E-state index contributed by atoms with van der Waals surface area (Å²) in [5.41, 5.74) is -30.2. The lowest BCUT2D eigenvalue weighted by Crippen LogP contribution is -3.61. The highest BCUT2D eigenvalue weighted by Gasteiger charge is 2.47. The first-order valence-electron chi connectivity index (χ1n) is 20.4. The fourth-order valence-corrected chi connectivity index (χ4v) is 9.45. The lowest BCUT2D eigenvalue weighted by Gasteiger charge is -2.46. The first kappa shape index (κ1) is 61.7. The van der Waals surface area contributed by atoms with Crippen molar-refractivity contribution in [3.05, 3.63) is 161 Å². The van der Waals surface area contributed by atoms with E-state index in [1.165, 1.54) is 12.1 Å². The number of hydrogen-bond acceptors (Lipinski definition) is 6. The smallest absolute Gasteiger partial charge is 0.415 e. The van der Waals surface area contributed by atoms with E-state index in [1.807, 2.05) is 0 Å². The quantitative estimate of drug-likeness (QED) is 0.0585. The zero-order valence-electron chi connectivity index (χ0n) is 37.2. The van der Waals surface area contributed by atoms with Crippen LogP contribution in [0.3, 0.4) is 0 Å². The molecule has 2 heterocycles. The molecule has 416 valence electrons. The van der Waals surface area contributed by atoms with Crippen molar-refractivity contribution in [3.63, 3.8) is 0 Å². The van der Waals surface area contributed by atoms with E-state index < -0.39 is 216 Å². The van der Waals surface area contributed by atoms with Crippen molar-refractivity contribution in [2.24, 2.45) is 0 Å². The van der Waals surface area contributed by atoms with Crippen molar-refractivity contribution in [2.45, 2.75) is 62.3 Å². The van der Waals surface area contributed by atoms with Crippen LogP contribution in [0.25, 0.3) is 0 Å². The average molecular weight is 1260 g/mol. The van der Waals surface area contributed by atoms with Crippen molar-refractivity contribution in [1.29, 1.82) is 10.5 Å². The van der Waals surface area contributed by atoms with Crippen molar-refractivity contribution in [2.75, 3.05) is 0 Å². The van der Waals surface area contributed by atoms with Gasteiger partial charge in [0.1, 0.15) is 19.0 Å². The van der Waals surface area contributed by atoms with Gasteiger partial charge in [0.25, 0.3) is 0 Å². The van der Waals surface area contributed by atoms with Gasteiger partial charge in [0.05, 0.1) is 56.6 Å². The second-order valence-corrected chi connectivity index (χ2v) is 18.7. The van der Waals surface area contributed by atoms with E-state index in [0.29, 0.717) is 7.53 Å². The molecule has 4 aromatic carbocycles. The molecule has 0 N–H and O–H groups in total. The second-order valence-electron chi connectivity index (χ2n) is 16.0. The zero-order valence-corrected chi connectivity index (χ0v) is 39.4. The number of furan rings is 2. The third-order valence-electron chi connectivity index (χ3n) is 10.8. The fourth-order valence-electron chi connectivity index (χ4n) is 7.51. The number of nitrogens with zero attached hydrogens (tertiary/aromatic N) is 2. The minimum absolute atomic E-state index is 0.151. The van der Waals surface area contributed by atoms with E-state index in [9.17, 15) is 115 Å². The molecule has 0 amide bonds. The molecule has 0 aliphatic carbocycles. The molecule has 6 aromatic rings. The molecule has 0 spiro atoms. The van der Waals surface area contributed by atoms with Crippen molar-refractivity contribution in [1.82, 2.24) is 0 Å². The van der Waals surface area contributed by atoms with Gasteiger partial charge >= 0.3 is 78.1 Å². The normalized spacial score (nSPS) is 13.1. The summed E-state index contributed by atoms with van der Waals surface area (Å²) in [4.78, 5) is 22.9. The Morgan fingerprint density at radius 2 is 0.551 bits per heavy atom. The molecule has 6 nitrogen and oxygen atoms in total. The summed E-state index contributed by atoms with van der Waals surface area (Å²) < 4.78 is 353. The van der Waals surface area contributed by atoms with E-state index in [0.717, 1.165) is 0 Å². The highest BCUT2D eigenvalue weighted by atomic mass is 127. The number of alkyl halides is 24. The predicted octanol–water partition coefficient (Wildman–Crippen LogP) is 10.4. The molecule has 0 aliphatic heterocycles. The summed E-state index contributed by atoms with van der Waals surface area (Å²) >= 11 is -0.804. The third kappa shape index (κ3) is 14.3. The summed E-state index contributed by atoms with van der Waals surface area (Å²) in [7, 11) is 0. The van der Waals surface area contributed by atoms with E-state index >= 15 is 0 Å². The highest BCUT2D eigenvalue weighted by Crippen LogP contribution is 2.41. The maximum atomic E-state index is 14.2. The lowest BCUT2D eigenvalue weighted by atomic mass is 9.12. The van der Waals surface area contributed by atoms with Crippen LogP contribution in [0.4, 0.5) is 105 Å². The van der Waals surface area contributed by atoms with Crippen LogP contribution < -0.4 is 43.1 Å². The predicted molar refractivity (Wildman–Crippen MR) is 214 cm³/mol. The number of nitriles is 2. The number of hydrogen-bond donors (Lipinski definition) is 0. The number of carbonyl (C=O) groups excluding carboxylic acids is 2. The standard InChI is InChI=1S/C32H12BF24.C14H8IN2O4/c34-25(35,36)13-1-14(26(37,38)39)6-21(5-13)33(22-7-15(27(40,41)42)2-16(8-22)28(43,44)45,23-9-17(29(46,47)48)3-18(10-23)30(49,50)51)24-11-19(31(52,53)54)4-20(12-24)32(55,56)57;16-7-5-9(18)11-1-3-13(20-11)15-14-4-2-12(21-14)10(19)6-8-17/h1-12H;1-4H,5-6H2/q-1;+1. The molecule has 32 heteroatoms. The maximum Gasteiger partial charge on any atom is 0.443 e. The summed E-state index contributed by atoms with van der Waals surface area (Å²) in [6.45, 7) is 0. The van der Waals surface area contributed by atoms with Crippen molar-refractivity contribution >= 4 is 39.6 Å². The van der Waals surface area contributed by atoms with Gasteiger partial charge in [-0.25, -0.2) is 0 Å². The Morgan fingerprint density at radius 3 is 0.718 bits per heavy atom. The Kier molecular flexibility index (Phi) is 17.1. The summed E-state index contributed by atoms with van der Waals surface area (Å²) in [5.74, 6) is -0.425. The molecular weight excluding hydrogens is 1240 g/mol. The van der Waals surface area contributed by atoms with Crippen molar-refractivity contribution < 1.29 is 145 Å². The number of benzene rings is 4. The van der Waals surface area contributed by atoms with Gasteiger partial charge in [0.15, 0.2) is 11.5 Å². The Balaban J connectivity index is 0.000000443. The van der Waals surface area contributed by atoms with E-state index in [-0.39, 0.29) is 35.9 Å². The van der Waals surface area contributed by atoms with Gasteiger partial charge < -0.3 is 8.83 Å². The van der Waals surface area contributed by atoms with Gasteiger partial charge in [-0.05, 0) is 36.4 Å². The average Bonchev–Trinajstić information content (AvgIpc) is 3.98. The number of rotatable bonds is 10. The second kappa shape index (κ2) is 21.6. The van der Waals surface area contributed by atoms with Crippen LogP contribution >= 0.6 is 0 Å². The van der Waals surface area contributed by atoms with E-state index in [4.69, 9.17) is 19.4 Å². The Morgan fingerprint density at radius 1 is 0.359 bits per heavy atom. The number of halogens is 25. The van der Waals surface area contributed by atoms with Gasteiger partial charge in [0.2, 0.25) is 11.6 Å². The van der Waals surface area contributed by atoms with Crippen LogP contribution in [0.1, 0.15) is 78.5 Å².